The molecule has 0 aliphatic carbocycles. The van der Waals surface area contributed by atoms with E-state index >= 15 is 0 Å². The van der Waals surface area contributed by atoms with Crippen molar-refractivity contribution in [3.8, 4) is 0 Å². The minimum atomic E-state index is 0.660. The lowest BCUT2D eigenvalue weighted by atomic mass is 10.1. The zero-order valence-corrected chi connectivity index (χ0v) is 9.28. The second kappa shape index (κ2) is 7.21. The molecule has 0 aliphatic heterocycles. The van der Waals surface area contributed by atoms with Gasteiger partial charge in [-0.1, -0.05) is 36.4 Å². The van der Waals surface area contributed by atoms with Crippen molar-refractivity contribution in [2.45, 2.75) is 12.8 Å². The van der Waals surface area contributed by atoms with Gasteiger partial charge in [-0.3, -0.25) is 0 Å². The van der Waals surface area contributed by atoms with E-state index in [2.05, 4.69) is 30.3 Å². The highest BCUT2D eigenvalue weighted by Gasteiger charge is 1.93. The van der Waals surface area contributed by atoms with Gasteiger partial charge in [-0.25, -0.2) is 0 Å². The first kappa shape index (κ1) is 12.0. The molecule has 15 heavy (non-hydrogen) atoms. The molecular formula is C13H19NO. The largest absolute Gasteiger partial charge is 0.381 e. The molecule has 0 amide bonds. The molecule has 0 aliphatic rings. The minimum Gasteiger partial charge on any atom is -0.381 e. The lowest BCUT2D eigenvalue weighted by Crippen LogP contribution is -2.00. The fourth-order valence-corrected chi connectivity index (χ4v) is 1.44. The fourth-order valence-electron chi connectivity index (χ4n) is 1.44. The zero-order valence-electron chi connectivity index (χ0n) is 9.28. The van der Waals surface area contributed by atoms with Gasteiger partial charge in [-0.2, -0.15) is 0 Å². The Kier molecular flexibility index (Phi) is 5.74. The Labute approximate surface area is 91.7 Å². The molecule has 2 heteroatoms. The van der Waals surface area contributed by atoms with Gasteiger partial charge in [-0.15, -0.1) is 0 Å². The SMILES string of the molecule is COC/C=C/c1cccc(CCCN)c1. The van der Waals surface area contributed by atoms with E-state index in [0.29, 0.717) is 6.61 Å². The maximum atomic E-state index is 5.48. The van der Waals surface area contributed by atoms with Gasteiger partial charge in [0.25, 0.3) is 0 Å². The second-order valence-corrected chi connectivity index (χ2v) is 3.49. The lowest BCUT2D eigenvalue weighted by Gasteiger charge is -2.01. The highest BCUT2D eigenvalue weighted by atomic mass is 16.5. The van der Waals surface area contributed by atoms with Crippen molar-refractivity contribution in [1.29, 1.82) is 0 Å². The second-order valence-electron chi connectivity index (χ2n) is 3.49. The van der Waals surface area contributed by atoms with Crippen LogP contribution in [-0.2, 0) is 11.2 Å². The van der Waals surface area contributed by atoms with Crippen LogP contribution in [0.1, 0.15) is 17.5 Å². The predicted octanol–water partition coefficient (Wildman–Crippen LogP) is 2.24. The molecule has 1 aromatic rings. The Hall–Kier alpha value is -1.12. The normalized spacial score (nSPS) is 11.1. The number of methoxy groups -OCH3 is 1. The Morgan fingerprint density at radius 2 is 2.27 bits per heavy atom. The summed E-state index contributed by atoms with van der Waals surface area (Å²) in [6, 6.07) is 8.52. The summed E-state index contributed by atoms with van der Waals surface area (Å²) < 4.78 is 4.96. The fraction of sp³-hybridized carbons (Fsp3) is 0.385. The molecule has 0 fully saturated rings. The van der Waals surface area contributed by atoms with Crippen molar-refractivity contribution in [2.24, 2.45) is 5.73 Å². The van der Waals surface area contributed by atoms with E-state index in [9.17, 15) is 0 Å². The van der Waals surface area contributed by atoms with Crippen LogP contribution < -0.4 is 5.73 Å². The molecule has 1 rings (SSSR count). The summed E-state index contributed by atoms with van der Waals surface area (Å²) in [7, 11) is 1.70. The Balaban J connectivity index is 2.57. The summed E-state index contributed by atoms with van der Waals surface area (Å²) in [6.07, 6.45) is 6.20. The summed E-state index contributed by atoms with van der Waals surface area (Å²) >= 11 is 0. The molecule has 0 bridgehead atoms. The Bertz CT molecular complexity index is 307. The number of hydrogen-bond acceptors (Lipinski definition) is 2. The van der Waals surface area contributed by atoms with Crippen LogP contribution in [0.5, 0.6) is 0 Å². The molecule has 1 aromatic carbocycles. The van der Waals surface area contributed by atoms with E-state index < -0.39 is 0 Å². The standard InChI is InChI=1S/C13H19NO/c1-15-10-4-8-13-6-2-5-12(11-13)7-3-9-14/h2,4-6,8,11H,3,7,9-10,14H2,1H3/b8-4+. The van der Waals surface area contributed by atoms with Crippen molar-refractivity contribution in [2.75, 3.05) is 20.3 Å². The van der Waals surface area contributed by atoms with Crippen LogP contribution in [0.4, 0.5) is 0 Å². The summed E-state index contributed by atoms with van der Waals surface area (Å²) in [5.41, 5.74) is 8.05. The van der Waals surface area contributed by atoms with Crippen LogP contribution >= 0.6 is 0 Å². The third-order valence-corrected chi connectivity index (χ3v) is 2.19. The third-order valence-electron chi connectivity index (χ3n) is 2.19. The average Bonchev–Trinajstić information content (AvgIpc) is 2.27. The average molecular weight is 205 g/mol. The summed E-state index contributed by atoms with van der Waals surface area (Å²) in [4.78, 5) is 0. The van der Waals surface area contributed by atoms with E-state index in [1.165, 1.54) is 11.1 Å². The van der Waals surface area contributed by atoms with Crippen LogP contribution in [0.25, 0.3) is 6.08 Å². The molecule has 0 radical (unpaired) electrons. The number of nitrogens with two attached hydrogens (primary N) is 1. The molecule has 2 N–H and O–H groups in total. The lowest BCUT2D eigenvalue weighted by molar-refractivity contribution is 0.234. The van der Waals surface area contributed by atoms with Crippen LogP contribution in [0.15, 0.2) is 30.3 Å². The molecule has 0 unspecified atom stereocenters. The van der Waals surface area contributed by atoms with Gasteiger partial charge in [0.1, 0.15) is 0 Å². The third kappa shape index (κ3) is 4.77. The van der Waals surface area contributed by atoms with Gasteiger partial charge in [0.2, 0.25) is 0 Å². The molecule has 0 saturated heterocycles. The summed E-state index contributed by atoms with van der Waals surface area (Å²) in [5, 5.41) is 0. The van der Waals surface area contributed by atoms with E-state index in [4.69, 9.17) is 10.5 Å². The quantitative estimate of drug-likeness (QED) is 0.773. The molecule has 0 aromatic heterocycles. The smallest absolute Gasteiger partial charge is 0.0646 e. The highest BCUT2D eigenvalue weighted by Crippen LogP contribution is 2.08. The number of rotatable bonds is 6. The predicted molar refractivity (Wildman–Crippen MR) is 64.7 cm³/mol. The van der Waals surface area contributed by atoms with Gasteiger partial charge in [0.15, 0.2) is 0 Å². The molecular weight excluding hydrogens is 186 g/mol. The maximum Gasteiger partial charge on any atom is 0.0646 e. The minimum absolute atomic E-state index is 0.660. The number of benzene rings is 1. The first-order valence-corrected chi connectivity index (χ1v) is 5.31. The summed E-state index contributed by atoms with van der Waals surface area (Å²) in [5.74, 6) is 0. The highest BCUT2D eigenvalue weighted by molar-refractivity contribution is 5.50. The molecule has 0 atom stereocenters. The molecule has 0 saturated carbocycles. The Morgan fingerprint density at radius 3 is 3.00 bits per heavy atom. The van der Waals surface area contributed by atoms with Gasteiger partial charge >= 0.3 is 0 Å². The van der Waals surface area contributed by atoms with Crippen molar-refractivity contribution in [3.63, 3.8) is 0 Å². The monoisotopic (exact) mass is 205 g/mol. The van der Waals surface area contributed by atoms with Crippen molar-refractivity contribution in [1.82, 2.24) is 0 Å². The van der Waals surface area contributed by atoms with Gasteiger partial charge < -0.3 is 10.5 Å². The van der Waals surface area contributed by atoms with E-state index in [-0.39, 0.29) is 0 Å². The van der Waals surface area contributed by atoms with Crippen LogP contribution in [-0.4, -0.2) is 20.3 Å². The van der Waals surface area contributed by atoms with Crippen LogP contribution in [0, 0.1) is 0 Å². The number of hydrogen-bond donors (Lipinski definition) is 1. The van der Waals surface area contributed by atoms with Gasteiger partial charge in [0.05, 0.1) is 6.61 Å². The van der Waals surface area contributed by atoms with Crippen LogP contribution in [0.2, 0.25) is 0 Å². The zero-order chi connectivity index (χ0) is 10.9. The molecule has 0 heterocycles. The van der Waals surface area contributed by atoms with Crippen molar-refractivity contribution >= 4 is 6.08 Å². The summed E-state index contributed by atoms with van der Waals surface area (Å²) in [6.45, 7) is 1.41. The molecule has 2 nitrogen and oxygen atoms in total. The topological polar surface area (TPSA) is 35.2 Å². The molecule has 82 valence electrons. The van der Waals surface area contributed by atoms with Crippen molar-refractivity contribution in [3.05, 3.63) is 41.5 Å². The number of aryl methyl sites for hydroxylation is 1. The van der Waals surface area contributed by atoms with Crippen molar-refractivity contribution < 1.29 is 4.74 Å². The number of ether oxygens (including phenoxy) is 1. The first-order chi connectivity index (χ1) is 7.36. The van der Waals surface area contributed by atoms with Crippen LogP contribution in [0.3, 0.4) is 0 Å². The van der Waals surface area contributed by atoms with Gasteiger partial charge in [-0.05, 0) is 30.5 Å². The van der Waals surface area contributed by atoms with Gasteiger partial charge in [0, 0.05) is 7.11 Å². The molecule has 0 spiro atoms. The Morgan fingerprint density at radius 1 is 1.40 bits per heavy atom. The van der Waals surface area contributed by atoms with E-state index in [1.54, 1.807) is 7.11 Å². The first-order valence-electron chi connectivity index (χ1n) is 5.31. The van der Waals surface area contributed by atoms with E-state index in [1.807, 2.05) is 6.08 Å². The maximum absolute atomic E-state index is 5.48. The van der Waals surface area contributed by atoms with E-state index in [0.717, 1.165) is 19.4 Å².